The molecule has 1 aromatic carbocycles. The second kappa shape index (κ2) is 5.23. The van der Waals surface area contributed by atoms with Crippen molar-refractivity contribution in [3.8, 4) is 0 Å². The molecule has 0 unspecified atom stereocenters. The minimum atomic E-state index is 0.584. The highest BCUT2D eigenvalue weighted by molar-refractivity contribution is 7.80. The van der Waals surface area contributed by atoms with Gasteiger partial charge in [0, 0.05) is 17.1 Å². The summed E-state index contributed by atoms with van der Waals surface area (Å²) in [5.74, 6) is 0. The number of rotatable bonds is 2. The number of anilines is 1. The average molecular weight is 259 g/mol. The molecular weight excluding hydrogens is 242 g/mol. The van der Waals surface area contributed by atoms with E-state index < -0.39 is 0 Å². The van der Waals surface area contributed by atoms with Gasteiger partial charge in [-0.2, -0.15) is 0 Å². The zero-order chi connectivity index (χ0) is 13.1. The van der Waals surface area contributed by atoms with E-state index in [4.69, 9.17) is 12.2 Å². The van der Waals surface area contributed by atoms with Crippen molar-refractivity contribution in [2.45, 2.75) is 20.8 Å². The van der Waals surface area contributed by atoms with Crippen molar-refractivity contribution in [1.29, 1.82) is 0 Å². The summed E-state index contributed by atoms with van der Waals surface area (Å²) >= 11 is 5.29. The molecule has 0 saturated heterocycles. The molecule has 0 saturated carbocycles. The smallest absolute Gasteiger partial charge is 0.190 e. The predicted molar refractivity (Wildman–Crippen MR) is 80.7 cm³/mol. The van der Waals surface area contributed by atoms with Crippen LogP contribution in [0.5, 0.6) is 0 Å². The Balaban J connectivity index is 2.03. The highest BCUT2D eigenvalue weighted by atomic mass is 32.1. The van der Waals surface area contributed by atoms with Crippen molar-refractivity contribution in [2.24, 2.45) is 0 Å². The number of benzene rings is 1. The summed E-state index contributed by atoms with van der Waals surface area (Å²) in [4.78, 5) is 0. The summed E-state index contributed by atoms with van der Waals surface area (Å²) in [6.45, 7) is 6.13. The van der Waals surface area contributed by atoms with Crippen molar-refractivity contribution in [2.75, 3.05) is 10.7 Å². The molecule has 0 aliphatic carbocycles. The molecular formula is C14H17N3S. The van der Waals surface area contributed by atoms with E-state index >= 15 is 0 Å². The maximum absolute atomic E-state index is 5.29. The molecule has 0 aliphatic heterocycles. The van der Waals surface area contributed by atoms with Crippen molar-refractivity contribution in [1.82, 2.24) is 4.68 Å². The van der Waals surface area contributed by atoms with Crippen LogP contribution < -0.4 is 10.7 Å². The zero-order valence-electron chi connectivity index (χ0n) is 10.8. The summed E-state index contributed by atoms with van der Waals surface area (Å²) < 4.78 is 1.96. The Morgan fingerprint density at radius 2 is 1.50 bits per heavy atom. The van der Waals surface area contributed by atoms with Crippen LogP contribution in [-0.2, 0) is 0 Å². The molecule has 2 N–H and O–H groups in total. The van der Waals surface area contributed by atoms with Gasteiger partial charge < -0.3 is 5.32 Å². The van der Waals surface area contributed by atoms with Gasteiger partial charge in [0.2, 0.25) is 0 Å². The average Bonchev–Trinajstić information content (AvgIpc) is 2.64. The van der Waals surface area contributed by atoms with E-state index in [1.165, 1.54) is 5.56 Å². The summed E-state index contributed by atoms with van der Waals surface area (Å²) in [5.41, 5.74) is 7.63. The molecule has 4 heteroatoms. The van der Waals surface area contributed by atoms with Crippen LogP contribution in [-0.4, -0.2) is 9.79 Å². The van der Waals surface area contributed by atoms with Crippen LogP contribution in [0.1, 0.15) is 17.0 Å². The lowest BCUT2D eigenvalue weighted by Gasteiger charge is -2.14. The second-order valence-corrected chi connectivity index (χ2v) is 4.79. The number of hydrogen-bond acceptors (Lipinski definition) is 1. The number of nitrogens with one attached hydrogen (secondary N) is 2. The monoisotopic (exact) mass is 259 g/mol. The Bertz CT molecular complexity index is 535. The lowest BCUT2D eigenvalue weighted by atomic mass is 10.2. The van der Waals surface area contributed by atoms with Gasteiger partial charge in [-0.05, 0) is 57.3 Å². The molecule has 94 valence electrons. The van der Waals surface area contributed by atoms with Crippen LogP contribution in [0, 0.1) is 20.8 Å². The van der Waals surface area contributed by atoms with Crippen LogP contribution in [0.25, 0.3) is 0 Å². The maximum Gasteiger partial charge on any atom is 0.190 e. The minimum Gasteiger partial charge on any atom is -0.331 e. The van der Waals surface area contributed by atoms with Crippen LogP contribution in [0.2, 0.25) is 0 Å². The minimum absolute atomic E-state index is 0.584. The normalized spacial score (nSPS) is 10.2. The molecule has 3 nitrogen and oxygen atoms in total. The van der Waals surface area contributed by atoms with Crippen LogP contribution >= 0.6 is 12.2 Å². The molecule has 0 atom stereocenters. The third kappa shape index (κ3) is 2.90. The van der Waals surface area contributed by atoms with E-state index in [0.29, 0.717) is 5.11 Å². The Morgan fingerprint density at radius 1 is 0.944 bits per heavy atom. The summed E-state index contributed by atoms with van der Waals surface area (Å²) in [5, 5.41) is 3.75. The van der Waals surface area contributed by atoms with Crippen molar-refractivity contribution in [3.63, 3.8) is 0 Å². The number of aryl methyl sites for hydroxylation is 3. The third-order valence-corrected chi connectivity index (χ3v) is 2.99. The molecule has 2 rings (SSSR count). The lowest BCUT2D eigenvalue weighted by molar-refractivity contribution is 0.898. The van der Waals surface area contributed by atoms with Crippen LogP contribution in [0.15, 0.2) is 36.4 Å². The molecule has 2 aromatic rings. The van der Waals surface area contributed by atoms with Gasteiger partial charge in [-0.15, -0.1) is 0 Å². The van der Waals surface area contributed by atoms with E-state index in [9.17, 15) is 0 Å². The summed E-state index contributed by atoms with van der Waals surface area (Å²) in [7, 11) is 0. The van der Waals surface area contributed by atoms with Gasteiger partial charge in [-0.3, -0.25) is 10.1 Å². The zero-order valence-corrected chi connectivity index (χ0v) is 11.6. The fourth-order valence-electron chi connectivity index (χ4n) is 1.74. The van der Waals surface area contributed by atoms with Crippen molar-refractivity contribution >= 4 is 23.0 Å². The predicted octanol–water partition coefficient (Wildman–Crippen LogP) is 3.35. The SMILES string of the molecule is Cc1ccc(NC(=S)Nn2c(C)ccc2C)cc1. The first-order valence-corrected chi connectivity index (χ1v) is 6.27. The topological polar surface area (TPSA) is 29.0 Å². The number of thiocarbonyl (C=S) groups is 1. The van der Waals surface area contributed by atoms with Gasteiger partial charge in [0.25, 0.3) is 0 Å². The standard InChI is InChI=1S/C14H17N3S/c1-10-4-8-13(9-5-10)15-14(18)16-17-11(2)6-7-12(17)3/h4-9H,1-3H3,(H2,15,16,18). The summed E-state index contributed by atoms with van der Waals surface area (Å²) in [6, 6.07) is 12.2. The first-order chi connectivity index (χ1) is 8.56. The molecule has 0 aliphatic rings. The third-order valence-electron chi connectivity index (χ3n) is 2.79. The Labute approximate surface area is 113 Å². The molecule has 0 bridgehead atoms. The molecule has 0 fully saturated rings. The Morgan fingerprint density at radius 3 is 2.06 bits per heavy atom. The highest BCUT2D eigenvalue weighted by Crippen LogP contribution is 2.09. The van der Waals surface area contributed by atoms with Crippen LogP contribution in [0.3, 0.4) is 0 Å². The Kier molecular flexibility index (Phi) is 3.67. The van der Waals surface area contributed by atoms with Gasteiger partial charge >= 0.3 is 0 Å². The quantitative estimate of drug-likeness (QED) is 0.810. The molecule has 18 heavy (non-hydrogen) atoms. The number of aromatic nitrogens is 1. The molecule has 1 aromatic heterocycles. The van der Waals surface area contributed by atoms with Gasteiger partial charge in [-0.25, -0.2) is 0 Å². The Hall–Kier alpha value is -1.81. The molecule has 1 heterocycles. The second-order valence-electron chi connectivity index (χ2n) is 4.38. The highest BCUT2D eigenvalue weighted by Gasteiger charge is 2.03. The fraction of sp³-hybridized carbons (Fsp3) is 0.214. The first kappa shape index (κ1) is 12.6. The molecule has 0 spiro atoms. The van der Waals surface area contributed by atoms with Crippen molar-refractivity contribution < 1.29 is 0 Å². The largest absolute Gasteiger partial charge is 0.331 e. The lowest BCUT2D eigenvalue weighted by Crippen LogP contribution is -2.28. The van der Waals surface area contributed by atoms with E-state index in [-0.39, 0.29) is 0 Å². The van der Waals surface area contributed by atoms with E-state index in [1.54, 1.807) is 0 Å². The molecule has 0 amide bonds. The molecule has 0 radical (unpaired) electrons. The van der Waals surface area contributed by atoms with Crippen molar-refractivity contribution in [3.05, 3.63) is 53.3 Å². The maximum atomic E-state index is 5.29. The van der Waals surface area contributed by atoms with E-state index in [0.717, 1.165) is 17.1 Å². The number of hydrogen-bond donors (Lipinski definition) is 2. The van der Waals surface area contributed by atoms with E-state index in [1.807, 2.05) is 30.7 Å². The summed E-state index contributed by atoms with van der Waals surface area (Å²) in [6.07, 6.45) is 0. The van der Waals surface area contributed by atoms with Gasteiger partial charge in [0.15, 0.2) is 5.11 Å². The van der Waals surface area contributed by atoms with Gasteiger partial charge in [0.05, 0.1) is 0 Å². The van der Waals surface area contributed by atoms with Gasteiger partial charge in [-0.1, -0.05) is 17.7 Å². The van der Waals surface area contributed by atoms with E-state index in [2.05, 4.69) is 41.9 Å². The fourth-order valence-corrected chi connectivity index (χ4v) is 1.95. The number of nitrogens with zero attached hydrogens (tertiary/aromatic N) is 1. The van der Waals surface area contributed by atoms with Gasteiger partial charge in [0.1, 0.15) is 0 Å². The first-order valence-electron chi connectivity index (χ1n) is 5.86. The van der Waals surface area contributed by atoms with Crippen LogP contribution in [0.4, 0.5) is 5.69 Å².